The summed E-state index contributed by atoms with van der Waals surface area (Å²) in [4.78, 5) is 10.0. The molecule has 0 spiro atoms. The van der Waals surface area contributed by atoms with Crippen LogP contribution in [0.1, 0.15) is 0 Å². The molecular formula is C14H12ClN3OS. The predicted octanol–water partition coefficient (Wildman–Crippen LogP) is 4.06. The molecule has 4 nitrogen and oxygen atoms in total. The Bertz CT molecular complexity index is 772. The molecule has 2 heterocycles. The quantitative estimate of drug-likeness (QED) is 0.792. The lowest BCUT2D eigenvalue weighted by molar-refractivity contribution is 0.415. The Kier molecular flexibility index (Phi) is 3.46. The van der Waals surface area contributed by atoms with E-state index in [0.717, 1.165) is 27.3 Å². The normalized spacial score (nSPS) is 10.8. The molecule has 0 unspecified atom stereocenters. The highest BCUT2D eigenvalue weighted by Crippen LogP contribution is 2.34. The van der Waals surface area contributed by atoms with E-state index in [2.05, 4.69) is 15.3 Å². The van der Waals surface area contributed by atoms with Crippen molar-refractivity contribution in [1.82, 2.24) is 9.97 Å². The minimum atomic E-state index is 0.631. The third-order valence-electron chi connectivity index (χ3n) is 2.96. The zero-order chi connectivity index (χ0) is 14.1. The molecule has 1 aromatic carbocycles. The maximum absolute atomic E-state index is 6.16. The van der Waals surface area contributed by atoms with Gasteiger partial charge in [-0.05, 0) is 29.6 Å². The molecule has 0 bridgehead atoms. The van der Waals surface area contributed by atoms with Crippen LogP contribution in [0.4, 0.5) is 5.82 Å². The van der Waals surface area contributed by atoms with Crippen molar-refractivity contribution in [3.8, 4) is 16.5 Å². The van der Waals surface area contributed by atoms with Crippen LogP contribution in [0.5, 0.6) is 5.75 Å². The zero-order valence-electron chi connectivity index (χ0n) is 11.0. The fourth-order valence-electron chi connectivity index (χ4n) is 1.98. The van der Waals surface area contributed by atoms with Gasteiger partial charge in [0.25, 0.3) is 0 Å². The summed E-state index contributed by atoms with van der Waals surface area (Å²) >= 11 is 7.69. The predicted molar refractivity (Wildman–Crippen MR) is 84.0 cm³/mol. The molecule has 3 aromatic rings. The van der Waals surface area contributed by atoms with E-state index in [-0.39, 0.29) is 0 Å². The monoisotopic (exact) mass is 305 g/mol. The Morgan fingerprint density at radius 3 is 2.75 bits per heavy atom. The summed E-state index contributed by atoms with van der Waals surface area (Å²) in [5.41, 5.74) is 0.851. The summed E-state index contributed by atoms with van der Waals surface area (Å²) < 4.78 is 5.24. The van der Waals surface area contributed by atoms with Crippen molar-refractivity contribution < 1.29 is 4.74 Å². The first-order valence-electron chi connectivity index (χ1n) is 6.00. The van der Waals surface area contributed by atoms with E-state index in [1.54, 1.807) is 7.11 Å². The first-order chi connectivity index (χ1) is 9.72. The molecular weight excluding hydrogens is 294 g/mol. The van der Waals surface area contributed by atoms with Crippen molar-refractivity contribution >= 4 is 39.7 Å². The average Bonchev–Trinajstić information content (AvgIpc) is 2.91. The summed E-state index contributed by atoms with van der Waals surface area (Å²) in [6.45, 7) is 0. The maximum Gasteiger partial charge on any atom is 0.173 e. The number of thiophene rings is 1. The summed E-state index contributed by atoms with van der Waals surface area (Å²) in [5.74, 6) is 2.17. The molecule has 2 aromatic heterocycles. The van der Waals surface area contributed by atoms with Gasteiger partial charge in [-0.25, -0.2) is 9.97 Å². The van der Waals surface area contributed by atoms with Crippen LogP contribution in [0.15, 0.2) is 29.6 Å². The standard InChI is InChI=1S/C14H12ClN3OS/c1-16-13-9-7-8(19-2)3-4-11(9)17-14(18-13)12-10(15)5-6-20-12/h3-7H,1-2H3,(H,16,17,18). The van der Waals surface area contributed by atoms with Gasteiger partial charge < -0.3 is 10.1 Å². The molecule has 1 N–H and O–H groups in total. The van der Waals surface area contributed by atoms with Crippen molar-refractivity contribution in [1.29, 1.82) is 0 Å². The van der Waals surface area contributed by atoms with Crippen molar-refractivity contribution in [2.45, 2.75) is 0 Å². The lowest BCUT2D eigenvalue weighted by Crippen LogP contribution is -1.98. The van der Waals surface area contributed by atoms with Gasteiger partial charge >= 0.3 is 0 Å². The second-order valence-corrected chi connectivity index (χ2v) is 5.45. The third kappa shape index (κ3) is 2.19. The molecule has 0 saturated carbocycles. The van der Waals surface area contributed by atoms with E-state index < -0.39 is 0 Å². The van der Waals surface area contributed by atoms with Crippen LogP contribution in [0, 0.1) is 0 Å². The van der Waals surface area contributed by atoms with E-state index >= 15 is 0 Å². The molecule has 6 heteroatoms. The van der Waals surface area contributed by atoms with Gasteiger partial charge in [0.1, 0.15) is 11.6 Å². The van der Waals surface area contributed by atoms with Gasteiger partial charge in [-0.2, -0.15) is 0 Å². The Balaban J connectivity index is 2.25. The van der Waals surface area contributed by atoms with Gasteiger partial charge in [0.2, 0.25) is 0 Å². The minimum absolute atomic E-state index is 0.631. The van der Waals surface area contributed by atoms with Crippen LogP contribution >= 0.6 is 22.9 Å². The molecule has 0 aliphatic carbocycles. The van der Waals surface area contributed by atoms with E-state index in [1.807, 2.05) is 36.7 Å². The molecule has 0 atom stereocenters. The van der Waals surface area contributed by atoms with E-state index in [1.165, 1.54) is 11.3 Å². The van der Waals surface area contributed by atoms with Crippen LogP contribution in [0.2, 0.25) is 5.02 Å². The largest absolute Gasteiger partial charge is 0.497 e. The summed E-state index contributed by atoms with van der Waals surface area (Å²) in [5, 5.41) is 6.62. The molecule has 20 heavy (non-hydrogen) atoms. The number of nitrogens with zero attached hydrogens (tertiary/aromatic N) is 2. The lowest BCUT2D eigenvalue weighted by Gasteiger charge is -2.09. The first kappa shape index (κ1) is 13.1. The summed E-state index contributed by atoms with van der Waals surface area (Å²) in [7, 11) is 3.47. The van der Waals surface area contributed by atoms with Gasteiger partial charge in [0, 0.05) is 12.4 Å². The van der Waals surface area contributed by atoms with Crippen LogP contribution in [0.25, 0.3) is 21.6 Å². The molecule has 0 fully saturated rings. The molecule has 3 rings (SSSR count). The summed E-state index contributed by atoms with van der Waals surface area (Å²) in [6, 6.07) is 7.57. The van der Waals surface area contributed by atoms with Crippen molar-refractivity contribution in [2.75, 3.05) is 19.5 Å². The number of nitrogens with one attached hydrogen (secondary N) is 1. The number of rotatable bonds is 3. The van der Waals surface area contributed by atoms with Crippen molar-refractivity contribution in [3.05, 3.63) is 34.7 Å². The van der Waals surface area contributed by atoms with Crippen LogP contribution in [-0.2, 0) is 0 Å². The number of fused-ring (bicyclic) bond motifs is 1. The lowest BCUT2D eigenvalue weighted by atomic mass is 10.2. The van der Waals surface area contributed by atoms with Crippen LogP contribution < -0.4 is 10.1 Å². The van der Waals surface area contributed by atoms with E-state index in [9.17, 15) is 0 Å². The van der Waals surface area contributed by atoms with Gasteiger partial charge in [0.15, 0.2) is 5.82 Å². The number of hydrogen-bond donors (Lipinski definition) is 1. The fraction of sp³-hybridized carbons (Fsp3) is 0.143. The molecule has 102 valence electrons. The number of benzene rings is 1. The number of methoxy groups -OCH3 is 1. The smallest absolute Gasteiger partial charge is 0.173 e. The Morgan fingerprint density at radius 1 is 1.25 bits per heavy atom. The third-order valence-corrected chi connectivity index (χ3v) is 4.30. The topological polar surface area (TPSA) is 47.0 Å². The molecule has 0 radical (unpaired) electrons. The van der Waals surface area contributed by atoms with Gasteiger partial charge in [-0.15, -0.1) is 11.3 Å². The van der Waals surface area contributed by atoms with E-state index in [0.29, 0.717) is 10.8 Å². The van der Waals surface area contributed by atoms with E-state index in [4.69, 9.17) is 16.3 Å². The van der Waals surface area contributed by atoms with Gasteiger partial charge in [0.05, 0.1) is 22.5 Å². The van der Waals surface area contributed by atoms with Crippen LogP contribution in [0.3, 0.4) is 0 Å². The van der Waals surface area contributed by atoms with Crippen LogP contribution in [-0.4, -0.2) is 24.1 Å². The SMILES string of the molecule is CNc1nc(-c2sccc2Cl)nc2ccc(OC)cc12. The fourth-order valence-corrected chi connectivity index (χ4v) is 3.05. The highest BCUT2D eigenvalue weighted by molar-refractivity contribution is 7.14. The Labute approximate surface area is 125 Å². The number of halogens is 1. The highest BCUT2D eigenvalue weighted by atomic mass is 35.5. The Hall–Kier alpha value is -1.85. The minimum Gasteiger partial charge on any atom is -0.497 e. The van der Waals surface area contributed by atoms with Gasteiger partial charge in [-0.3, -0.25) is 0 Å². The summed E-state index contributed by atoms with van der Waals surface area (Å²) in [6.07, 6.45) is 0. The zero-order valence-corrected chi connectivity index (χ0v) is 12.5. The number of anilines is 1. The number of ether oxygens (including phenoxy) is 1. The van der Waals surface area contributed by atoms with Gasteiger partial charge in [-0.1, -0.05) is 11.6 Å². The maximum atomic E-state index is 6.16. The molecule has 0 saturated heterocycles. The first-order valence-corrected chi connectivity index (χ1v) is 7.25. The van der Waals surface area contributed by atoms with Crippen molar-refractivity contribution in [3.63, 3.8) is 0 Å². The molecule has 0 aliphatic heterocycles. The second-order valence-electron chi connectivity index (χ2n) is 4.13. The highest BCUT2D eigenvalue weighted by Gasteiger charge is 2.13. The van der Waals surface area contributed by atoms with Crippen molar-refractivity contribution in [2.24, 2.45) is 0 Å². The average molecular weight is 306 g/mol. The molecule has 0 amide bonds. The number of aromatic nitrogens is 2. The molecule has 0 aliphatic rings. The second kappa shape index (κ2) is 5.26. The Morgan fingerprint density at radius 2 is 2.10 bits per heavy atom. The number of hydrogen-bond acceptors (Lipinski definition) is 5.